The Labute approximate surface area is 128 Å². The van der Waals surface area contributed by atoms with Crippen molar-refractivity contribution in [1.82, 2.24) is 4.98 Å². The molecule has 21 heavy (non-hydrogen) atoms. The highest BCUT2D eigenvalue weighted by atomic mass is 32.1. The highest BCUT2D eigenvalue weighted by Crippen LogP contribution is 2.25. The zero-order chi connectivity index (χ0) is 14.8. The van der Waals surface area contributed by atoms with Gasteiger partial charge in [-0.05, 0) is 43.2 Å². The molecule has 0 aliphatic rings. The van der Waals surface area contributed by atoms with E-state index >= 15 is 0 Å². The van der Waals surface area contributed by atoms with E-state index in [0.717, 1.165) is 27.4 Å². The highest BCUT2D eigenvalue weighted by molar-refractivity contribution is 7.18. The highest BCUT2D eigenvalue weighted by Gasteiger charge is 2.07. The molecule has 108 valence electrons. The van der Waals surface area contributed by atoms with Gasteiger partial charge in [0, 0.05) is 6.04 Å². The van der Waals surface area contributed by atoms with Crippen molar-refractivity contribution >= 4 is 21.6 Å². The minimum Gasteiger partial charge on any atom is -0.486 e. The van der Waals surface area contributed by atoms with Gasteiger partial charge in [0.1, 0.15) is 17.4 Å². The summed E-state index contributed by atoms with van der Waals surface area (Å²) in [5.41, 5.74) is 9.15. The van der Waals surface area contributed by atoms with Gasteiger partial charge in [-0.25, -0.2) is 4.98 Å². The Bertz CT molecular complexity index is 731. The largest absolute Gasteiger partial charge is 0.486 e. The molecule has 1 aromatic heterocycles. The lowest BCUT2D eigenvalue weighted by Gasteiger charge is -2.11. The van der Waals surface area contributed by atoms with E-state index in [9.17, 15) is 0 Å². The molecule has 2 N–H and O–H groups in total. The quantitative estimate of drug-likeness (QED) is 0.785. The Hall–Kier alpha value is -1.91. The second-order valence-electron chi connectivity index (χ2n) is 5.18. The standard InChI is InChI=1S/C17H18N2OS/c1-11-9-13(12(2)18)7-8-15(11)20-10-17-19-14-5-3-4-6-16(14)21-17/h3-9,12H,10,18H2,1-2H3/t12-/m0/s1. The van der Waals surface area contributed by atoms with E-state index in [2.05, 4.69) is 17.1 Å². The second kappa shape index (κ2) is 5.84. The number of benzene rings is 2. The number of para-hydroxylation sites is 1. The van der Waals surface area contributed by atoms with Gasteiger partial charge in [-0.2, -0.15) is 0 Å². The molecule has 4 heteroatoms. The van der Waals surface area contributed by atoms with E-state index in [1.807, 2.05) is 44.2 Å². The number of nitrogens with zero attached hydrogens (tertiary/aromatic N) is 1. The van der Waals surface area contributed by atoms with E-state index in [0.29, 0.717) is 6.61 Å². The number of ether oxygens (including phenoxy) is 1. The molecule has 3 nitrogen and oxygen atoms in total. The van der Waals surface area contributed by atoms with Crippen molar-refractivity contribution in [2.24, 2.45) is 5.73 Å². The summed E-state index contributed by atoms with van der Waals surface area (Å²) in [6.07, 6.45) is 0. The molecular formula is C17H18N2OS. The summed E-state index contributed by atoms with van der Waals surface area (Å²) in [7, 11) is 0. The molecule has 0 amide bonds. The van der Waals surface area contributed by atoms with Crippen molar-refractivity contribution < 1.29 is 4.74 Å². The van der Waals surface area contributed by atoms with Crippen LogP contribution in [0.1, 0.15) is 29.1 Å². The molecule has 0 saturated heterocycles. The zero-order valence-corrected chi connectivity index (χ0v) is 13.0. The fourth-order valence-electron chi connectivity index (χ4n) is 2.24. The summed E-state index contributed by atoms with van der Waals surface area (Å²) in [6, 6.07) is 14.3. The first-order valence-corrected chi connectivity index (χ1v) is 7.78. The van der Waals surface area contributed by atoms with Crippen LogP contribution in [0.3, 0.4) is 0 Å². The normalized spacial score (nSPS) is 12.5. The summed E-state index contributed by atoms with van der Waals surface area (Å²) in [5, 5.41) is 0.992. The van der Waals surface area contributed by atoms with Gasteiger partial charge in [-0.1, -0.05) is 24.3 Å². The molecule has 3 rings (SSSR count). The number of thiazole rings is 1. The molecule has 0 unspecified atom stereocenters. The van der Waals surface area contributed by atoms with Crippen LogP contribution >= 0.6 is 11.3 Å². The van der Waals surface area contributed by atoms with E-state index in [-0.39, 0.29) is 6.04 Å². The Morgan fingerprint density at radius 1 is 1.24 bits per heavy atom. The lowest BCUT2D eigenvalue weighted by Crippen LogP contribution is -2.05. The minimum absolute atomic E-state index is 0.0435. The van der Waals surface area contributed by atoms with Crippen LogP contribution in [0, 0.1) is 6.92 Å². The molecule has 0 radical (unpaired) electrons. The Morgan fingerprint density at radius 3 is 2.76 bits per heavy atom. The molecule has 0 aliphatic carbocycles. The molecule has 0 saturated carbocycles. The Balaban J connectivity index is 1.75. The topological polar surface area (TPSA) is 48.1 Å². The number of aryl methyl sites for hydroxylation is 1. The van der Waals surface area contributed by atoms with Crippen molar-refractivity contribution in [3.63, 3.8) is 0 Å². The van der Waals surface area contributed by atoms with Crippen LogP contribution in [-0.4, -0.2) is 4.98 Å². The predicted molar refractivity (Wildman–Crippen MR) is 87.7 cm³/mol. The predicted octanol–water partition coefficient (Wildman–Crippen LogP) is 4.20. The molecule has 0 aliphatic heterocycles. The van der Waals surface area contributed by atoms with E-state index < -0.39 is 0 Å². The van der Waals surface area contributed by atoms with E-state index in [4.69, 9.17) is 10.5 Å². The molecule has 3 aromatic rings. The minimum atomic E-state index is 0.0435. The molecule has 2 aromatic carbocycles. The molecule has 1 heterocycles. The van der Waals surface area contributed by atoms with Crippen LogP contribution in [0.15, 0.2) is 42.5 Å². The number of hydrogen-bond donors (Lipinski definition) is 1. The number of aromatic nitrogens is 1. The lowest BCUT2D eigenvalue weighted by molar-refractivity contribution is 0.303. The van der Waals surface area contributed by atoms with Gasteiger partial charge in [0.25, 0.3) is 0 Å². The SMILES string of the molecule is Cc1cc([C@H](C)N)ccc1OCc1nc2ccccc2s1. The fourth-order valence-corrected chi connectivity index (χ4v) is 3.12. The van der Waals surface area contributed by atoms with Gasteiger partial charge in [0.15, 0.2) is 0 Å². The van der Waals surface area contributed by atoms with Gasteiger partial charge < -0.3 is 10.5 Å². The van der Waals surface area contributed by atoms with Gasteiger partial charge in [-0.3, -0.25) is 0 Å². The molecule has 0 bridgehead atoms. The maximum absolute atomic E-state index is 5.89. The van der Waals surface area contributed by atoms with Crippen molar-refractivity contribution in [3.8, 4) is 5.75 Å². The average molecular weight is 298 g/mol. The third-order valence-corrected chi connectivity index (χ3v) is 4.42. The Morgan fingerprint density at radius 2 is 2.05 bits per heavy atom. The smallest absolute Gasteiger partial charge is 0.140 e. The van der Waals surface area contributed by atoms with Crippen LogP contribution in [0.25, 0.3) is 10.2 Å². The maximum Gasteiger partial charge on any atom is 0.140 e. The number of hydrogen-bond acceptors (Lipinski definition) is 4. The van der Waals surface area contributed by atoms with Crippen LogP contribution in [0.2, 0.25) is 0 Å². The molecule has 0 spiro atoms. The first-order chi connectivity index (χ1) is 10.1. The third-order valence-electron chi connectivity index (χ3n) is 3.41. The fraction of sp³-hybridized carbons (Fsp3) is 0.235. The van der Waals surface area contributed by atoms with Gasteiger partial charge in [0.2, 0.25) is 0 Å². The molecular weight excluding hydrogens is 280 g/mol. The van der Waals surface area contributed by atoms with Crippen LogP contribution in [0.4, 0.5) is 0 Å². The monoisotopic (exact) mass is 298 g/mol. The molecule has 1 atom stereocenters. The summed E-state index contributed by atoms with van der Waals surface area (Å²) < 4.78 is 7.09. The second-order valence-corrected chi connectivity index (χ2v) is 6.29. The van der Waals surface area contributed by atoms with Crippen LogP contribution in [-0.2, 0) is 6.61 Å². The summed E-state index contributed by atoms with van der Waals surface area (Å²) >= 11 is 1.67. The van der Waals surface area contributed by atoms with Crippen molar-refractivity contribution in [2.75, 3.05) is 0 Å². The van der Waals surface area contributed by atoms with Crippen molar-refractivity contribution in [2.45, 2.75) is 26.5 Å². The van der Waals surface area contributed by atoms with Crippen LogP contribution < -0.4 is 10.5 Å². The van der Waals surface area contributed by atoms with E-state index in [1.165, 1.54) is 4.70 Å². The van der Waals surface area contributed by atoms with Crippen molar-refractivity contribution in [1.29, 1.82) is 0 Å². The molecule has 0 fully saturated rings. The number of fused-ring (bicyclic) bond motifs is 1. The van der Waals surface area contributed by atoms with Gasteiger partial charge in [-0.15, -0.1) is 11.3 Å². The maximum atomic E-state index is 5.89. The Kier molecular flexibility index (Phi) is 3.90. The first kappa shape index (κ1) is 14.0. The van der Waals surface area contributed by atoms with Crippen LogP contribution in [0.5, 0.6) is 5.75 Å². The zero-order valence-electron chi connectivity index (χ0n) is 12.2. The van der Waals surface area contributed by atoms with E-state index in [1.54, 1.807) is 11.3 Å². The van der Waals surface area contributed by atoms with Gasteiger partial charge in [0.05, 0.1) is 10.2 Å². The summed E-state index contributed by atoms with van der Waals surface area (Å²) in [4.78, 5) is 4.58. The number of rotatable bonds is 4. The number of nitrogens with two attached hydrogens (primary N) is 1. The summed E-state index contributed by atoms with van der Waals surface area (Å²) in [5.74, 6) is 0.888. The average Bonchev–Trinajstić information content (AvgIpc) is 2.88. The summed E-state index contributed by atoms with van der Waals surface area (Å²) in [6.45, 7) is 4.52. The van der Waals surface area contributed by atoms with Gasteiger partial charge >= 0.3 is 0 Å². The third kappa shape index (κ3) is 3.06. The first-order valence-electron chi connectivity index (χ1n) is 6.97. The van der Waals surface area contributed by atoms with Crippen molar-refractivity contribution in [3.05, 3.63) is 58.6 Å². The lowest BCUT2D eigenvalue weighted by atomic mass is 10.1.